The summed E-state index contributed by atoms with van der Waals surface area (Å²) in [5.41, 5.74) is 1.66. The molecular formula is C18H26O8. The minimum atomic E-state index is -1.52. The van der Waals surface area contributed by atoms with Gasteiger partial charge >= 0.3 is 5.97 Å². The van der Waals surface area contributed by atoms with Crippen molar-refractivity contribution in [1.82, 2.24) is 0 Å². The van der Waals surface area contributed by atoms with Crippen LogP contribution in [0.3, 0.4) is 0 Å². The van der Waals surface area contributed by atoms with Gasteiger partial charge < -0.3 is 35.0 Å². The smallest absolute Gasteiger partial charge is 0.302 e. The van der Waals surface area contributed by atoms with E-state index in [1.54, 1.807) is 19.1 Å². The summed E-state index contributed by atoms with van der Waals surface area (Å²) >= 11 is 0. The molecule has 1 aliphatic rings. The van der Waals surface area contributed by atoms with Gasteiger partial charge in [-0.05, 0) is 37.0 Å². The van der Waals surface area contributed by atoms with Crippen LogP contribution in [-0.4, -0.2) is 69.1 Å². The van der Waals surface area contributed by atoms with E-state index in [1.165, 1.54) is 6.92 Å². The van der Waals surface area contributed by atoms with Crippen molar-refractivity contribution in [2.75, 3.05) is 13.2 Å². The van der Waals surface area contributed by atoms with Crippen LogP contribution in [0, 0.1) is 6.92 Å². The molecule has 0 bridgehead atoms. The van der Waals surface area contributed by atoms with Gasteiger partial charge in [0.2, 0.25) is 0 Å². The van der Waals surface area contributed by atoms with E-state index in [-0.39, 0.29) is 23.9 Å². The maximum Gasteiger partial charge on any atom is 0.302 e. The summed E-state index contributed by atoms with van der Waals surface area (Å²) in [7, 11) is 0. The van der Waals surface area contributed by atoms with Gasteiger partial charge in [0.1, 0.15) is 36.3 Å². The molecule has 1 aliphatic heterocycles. The van der Waals surface area contributed by atoms with Gasteiger partial charge in [-0.15, -0.1) is 0 Å². The Morgan fingerprint density at radius 2 is 1.88 bits per heavy atom. The highest BCUT2D eigenvalue weighted by Gasteiger charge is 2.44. The molecule has 146 valence electrons. The fourth-order valence-corrected chi connectivity index (χ4v) is 3.10. The molecule has 26 heavy (non-hydrogen) atoms. The molecule has 0 radical (unpaired) electrons. The second-order valence-corrected chi connectivity index (χ2v) is 6.54. The molecule has 1 saturated heterocycles. The Morgan fingerprint density at radius 1 is 1.19 bits per heavy atom. The highest BCUT2D eigenvalue weighted by molar-refractivity contribution is 5.65. The minimum absolute atomic E-state index is 0.0851. The van der Waals surface area contributed by atoms with Crippen LogP contribution in [0.2, 0.25) is 0 Å². The summed E-state index contributed by atoms with van der Waals surface area (Å²) in [6.45, 7) is 2.76. The van der Waals surface area contributed by atoms with E-state index in [0.29, 0.717) is 18.4 Å². The Balaban J connectivity index is 2.22. The second kappa shape index (κ2) is 8.79. The largest absolute Gasteiger partial charge is 0.507 e. The van der Waals surface area contributed by atoms with Crippen molar-refractivity contribution in [3.63, 3.8) is 0 Å². The van der Waals surface area contributed by atoms with E-state index in [0.717, 1.165) is 5.56 Å². The predicted molar refractivity (Wildman–Crippen MR) is 90.5 cm³/mol. The van der Waals surface area contributed by atoms with Gasteiger partial charge in [-0.1, -0.05) is 6.07 Å². The van der Waals surface area contributed by atoms with Gasteiger partial charge in [0.25, 0.3) is 0 Å². The number of carbonyl (C=O) groups excluding carboxylic acids is 1. The molecule has 2 rings (SSSR count). The average Bonchev–Trinajstić information content (AvgIpc) is 2.60. The van der Waals surface area contributed by atoms with E-state index in [9.17, 15) is 30.3 Å². The number of hydrogen-bond acceptors (Lipinski definition) is 8. The summed E-state index contributed by atoms with van der Waals surface area (Å²) in [6, 6.07) is 3.42. The number of esters is 1. The zero-order valence-corrected chi connectivity index (χ0v) is 14.8. The van der Waals surface area contributed by atoms with Gasteiger partial charge in [-0.2, -0.15) is 0 Å². The van der Waals surface area contributed by atoms with Crippen LogP contribution in [0.1, 0.15) is 36.1 Å². The number of aryl methyl sites for hydroxylation is 2. The van der Waals surface area contributed by atoms with Crippen LogP contribution in [0.4, 0.5) is 0 Å². The first-order chi connectivity index (χ1) is 12.3. The van der Waals surface area contributed by atoms with Crippen LogP contribution in [0.5, 0.6) is 5.75 Å². The lowest BCUT2D eigenvalue weighted by atomic mass is 9.89. The summed E-state index contributed by atoms with van der Waals surface area (Å²) in [6.07, 6.45) is -5.44. The predicted octanol–water partition coefficient (Wildman–Crippen LogP) is -0.289. The maximum absolute atomic E-state index is 10.8. The standard InChI is InChI=1S/C18H26O8/c1-9-6-11(4-3-5-25-10(2)20)7-12(14(9)21)18-17(24)16(23)15(22)13(8-19)26-18/h6-7,13,15-19,21-24H,3-5,8H2,1-2H3/t13-,15-,16+,17-,18+/m1/s1. The van der Waals surface area contributed by atoms with Crippen molar-refractivity contribution in [2.24, 2.45) is 0 Å². The molecule has 0 spiro atoms. The lowest BCUT2D eigenvalue weighted by Crippen LogP contribution is -2.55. The van der Waals surface area contributed by atoms with Crippen LogP contribution < -0.4 is 0 Å². The van der Waals surface area contributed by atoms with Crippen molar-refractivity contribution in [3.8, 4) is 5.75 Å². The van der Waals surface area contributed by atoms with Gasteiger partial charge in [0.05, 0.1) is 13.2 Å². The van der Waals surface area contributed by atoms with Gasteiger partial charge in [-0.3, -0.25) is 4.79 Å². The Labute approximate surface area is 151 Å². The number of benzene rings is 1. The number of carbonyl (C=O) groups is 1. The van der Waals surface area contributed by atoms with E-state index < -0.39 is 37.1 Å². The highest BCUT2D eigenvalue weighted by Crippen LogP contribution is 2.38. The molecule has 0 aliphatic carbocycles. The van der Waals surface area contributed by atoms with Crippen LogP contribution in [-0.2, 0) is 20.7 Å². The third-order valence-corrected chi connectivity index (χ3v) is 4.50. The van der Waals surface area contributed by atoms with E-state index in [1.807, 2.05) is 0 Å². The second-order valence-electron chi connectivity index (χ2n) is 6.54. The first-order valence-electron chi connectivity index (χ1n) is 8.52. The monoisotopic (exact) mass is 370 g/mol. The Bertz CT molecular complexity index is 630. The number of aliphatic hydroxyl groups excluding tert-OH is 4. The number of rotatable bonds is 6. The van der Waals surface area contributed by atoms with Crippen molar-refractivity contribution in [2.45, 2.75) is 57.2 Å². The lowest BCUT2D eigenvalue weighted by molar-refractivity contribution is -0.232. The van der Waals surface area contributed by atoms with Crippen LogP contribution in [0.15, 0.2) is 12.1 Å². The number of phenols is 1. The van der Waals surface area contributed by atoms with Crippen molar-refractivity contribution in [3.05, 3.63) is 28.8 Å². The van der Waals surface area contributed by atoms with Crippen molar-refractivity contribution < 1.29 is 39.8 Å². The Hall–Kier alpha value is -1.71. The Kier molecular flexibility index (Phi) is 6.96. The highest BCUT2D eigenvalue weighted by atomic mass is 16.5. The SMILES string of the molecule is CC(=O)OCCCc1cc(C)c(O)c([C@@H]2O[C@H](CO)[C@@H](O)[C@H](O)[C@H]2O)c1. The molecule has 0 saturated carbocycles. The minimum Gasteiger partial charge on any atom is -0.507 e. The molecule has 1 fully saturated rings. The number of aliphatic hydroxyl groups is 4. The maximum atomic E-state index is 10.8. The molecule has 8 nitrogen and oxygen atoms in total. The number of aromatic hydroxyl groups is 1. The molecule has 1 aromatic rings. The molecule has 5 N–H and O–H groups in total. The van der Waals surface area contributed by atoms with E-state index in [2.05, 4.69) is 0 Å². The third-order valence-electron chi connectivity index (χ3n) is 4.50. The third kappa shape index (κ3) is 4.52. The number of phenolic OH excluding ortho intramolecular Hbond substituents is 1. The fraction of sp³-hybridized carbons (Fsp3) is 0.611. The summed E-state index contributed by atoms with van der Waals surface area (Å²) in [4.78, 5) is 10.8. The van der Waals surface area contributed by atoms with Gasteiger partial charge in [0, 0.05) is 12.5 Å². The van der Waals surface area contributed by atoms with E-state index >= 15 is 0 Å². The normalized spacial score (nSPS) is 28.8. The number of hydrogen-bond donors (Lipinski definition) is 5. The molecule has 0 aromatic heterocycles. The fourth-order valence-electron chi connectivity index (χ4n) is 3.10. The first kappa shape index (κ1) is 20.6. The van der Waals surface area contributed by atoms with E-state index in [4.69, 9.17) is 9.47 Å². The van der Waals surface area contributed by atoms with Gasteiger partial charge in [-0.25, -0.2) is 0 Å². The summed E-state index contributed by atoms with van der Waals surface area (Å²) in [5.74, 6) is -0.438. The summed E-state index contributed by atoms with van der Waals surface area (Å²) in [5, 5.41) is 49.8. The molecule has 8 heteroatoms. The summed E-state index contributed by atoms with van der Waals surface area (Å²) < 4.78 is 10.4. The van der Waals surface area contributed by atoms with Crippen molar-refractivity contribution >= 4 is 5.97 Å². The van der Waals surface area contributed by atoms with Gasteiger partial charge in [0.15, 0.2) is 0 Å². The lowest BCUT2D eigenvalue weighted by Gasteiger charge is -2.40. The molecule has 0 unspecified atom stereocenters. The zero-order chi connectivity index (χ0) is 19.4. The molecule has 1 heterocycles. The molecule has 5 atom stereocenters. The molecule has 1 aromatic carbocycles. The zero-order valence-electron chi connectivity index (χ0n) is 14.8. The van der Waals surface area contributed by atoms with Crippen LogP contribution >= 0.6 is 0 Å². The van der Waals surface area contributed by atoms with Crippen LogP contribution in [0.25, 0.3) is 0 Å². The Morgan fingerprint density at radius 3 is 2.50 bits per heavy atom. The molecular weight excluding hydrogens is 344 g/mol. The topological polar surface area (TPSA) is 137 Å². The van der Waals surface area contributed by atoms with Crippen molar-refractivity contribution in [1.29, 1.82) is 0 Å². The number of ether oxygens (including phenoxy) is 2. The molecule has 0 amide bonds. The quantitative estimate of drug-likeness (QED) is 0.340. The first-order valence-corrected chi connectivity index (χ1v) is 8.52. The average molecular weight is 370 g/mol.